The SMILES string of the molecule is COc1ccc(/C=C/c2nc(C#N)c(N(C)C)o2)cc1OC. The average Bonchev–Trinajstić information content (AvgIpc) is 2.96. The molecule has 0 saturated carbocycles. The van der Waals surface area contributed by atoms with Crippen molar-refractivity contribution in [2.45, 2.75) is 0 Å². The van der Waals surface area contributed by atoms with E-state index in [-0.39, 0.29) is 5.69 Å². The van der Waals surface area contributed by atoms with Crippen LogP contribution in [-0.2, 0) is 0 Å². The Labute approximate surface area is 129 Å². The van der Waals surface area contributed by atoms with Gasteiger partial charge in [0.25, 0.3) is 0 Å². The van der Waals surface area contributed by atoms with Gasteiger partial charge in [-0.2, -0.15) is 10.2 Å². The highest BCUT2D eigenvalue weighted by Crippen LogP contribution is 2.28. The predicted molar refractivity (Wildman–Crippen MR) is 84.0 cm³/mol. The third-order valence-corrected chi connectivity index (χ3v) is 2.96. The lowest BCUT2D eigenvalue weighted by atomic mass is 10.2. The molecule has 0 atom stereocenters. The lowest BCUT2D eigenvalue weighted by Crippen LogP contribution is -2.08. The fraction of sp³-hybridized carbons (Fsp3) is 0.250. The topological polar surface area (TPSA) is 71.5 Å². The molecule has 0 amide bonds. The van der Waals surface area contributed by atoms with Gasteiger partial charge in [-0.25, -0.2) is 0 Å². The highest BCUT2D eigenvalue weighted by atomic mass is 16.5. The highest BCUT2D eigenvalue weighted by molar-refractivity contribution is 5.69. The number of anilines is 1. The number of nitriles is 1. The maximum absolute atomic E-state index is 9.04. The zero-order chi connectivity index (χ0) is 16.1. The fourth-order valence-electron chi connectivity index (χ4n) is 1.90. The van der Waals surface area contributed by atoms with Crippen molar-refractivity contribution in [3.05, 3.63) is 35.3 Å². The Hall–Kier alpha value is -2.94. The molecule has 0 aliphatic rings. The molecule has 6 heteroatoms. The van der Waals surface area contributed by atoms with E-state index in [9.17, 15) is 0 Å². The summed E-state index contributed by atoms with van der Waals surface area (Å²) in [4.78, 5) is 5.84. The van der Waals surface area contributed by atoms with Crippen molar-refractivity contribution < 1.29 is 13.9 Å². The van der Waals surface area contributed by atoms with E-state index in [1.807, 2.05) is 30.3 Å². The van der Waals surface area contributed by atoms with Crippen LogP contribution in [0.25, 0.3) is 12.2 Å². The van der Waals surface area contributed by atoms with E-state index in [0.29, 0.717) is 23.3 Å². The van der Waals surface area contributed by atoms with Gasteiger partial charge in [0.15, 0.2) is 11.5 Å². The molecule has 0 spiro atoms. The van der Waals surface area contributed by atoms with Crippen molar-refractivity contribution >= 4 is 18.0 Å². The second-order valence-electron chi connectivity index (χ2n) is 4.66. The summed E-state index contributed by atoms with van der Waals surface area (Å²) in [5, 5.41) is 9.04. The number of nitrogens with zero attached hydrogens (tertiary/aromatic N) is 3. The first-order chi connectivity index (χ1) is 10.6. The first-order valence-corrected chi connectivity index (χ1v) is 6.57. The Balaban J connectivity index is 2.27. The third-order valence-electron chi connectivity index (χ3n) is 2.96. The molecule has 0 N–H and O–H groups in total. The summed E-state index contributed by atoms with van der Waals surface area (Å²) in [5.41, 5.74) is 1.16. The normalized spacial score (nSPS) is 10.5. The van der Waals surface area contributed by atoms with Gasteiger partial charge in [0.2, 0.25) is 17.5 Å². The van der Waals surface area contributed by atoms with Gasteiger partial charge >= 0.3 is 0 Å². The molecule has 1 aromatic heterocycles. The van der Waals surface area contributed by atoms with Gasteiger partial charge in [0.05, 0.1) is 14.2 Å². The number of aromatic nitrogens is 1. The van der Waals surface area contributed by atoms with Gasteiger partial charge in [0, 0.05) is 20.2 Å². The van der Waals surface area contributed by atoms with E-state index in [1.165, 1.54) is 0 Å². The molecule has 1 aromatic carbocycles. The molecule has 114 valence electrons. The van der Waals surface area contributed by atoms with E-state index in [1.54, 1.807) is 39.3 Å². The molecular formula is C16H17N3O3. The molecule has 6 nitrogen and oxygen atoms in total. The van der Waals surface area contributed by atoms with E-state index in [2.05, 4.69) is 4.98 Å². The van der Waals surface area contributed by atoms with Crippen LogP contribution in [-0.4, -0.2) is 33.3 Å². The predicted octanol–water partition coefficient (Wildman–Crippen LogP) is 2.80. The number of ether oxygens (including phenoxy) is 2. The Bertz CT molecular complexity index is 727. The highest BCUT2D eigenvalue weighted by Gasteiger charge is 2.12. The molecule has 22 heavy (non-hydrogen) atoms. The number of rotatable bonds is 5. The van der Waals surface area contributed by atoms with Crippen LogP contribution in [0.15, 0.2) is 22.6 Å². The number of hydrogen-bond donors (Lipinski definition) is 0. The first kappa shape index (κ1) is 15.4. The minimum Gasteiger partial charge on any atom is -0.493 e. The standard InChI is InChI=1S/C16H17N3O3/c1-19(2)16-12(10-17)18-15(22-16)8-6-11-5-7-13(20-3)14(9-11)21-4/h5-9H,1-4H3/b8-6+. The van der Waals surface area contributed by atoms with Crippen molar-refractivity contribution in [2.24, 2.45) is 0 Å². The van der Waals surface area contributed by atoms with Gasteiger partial charge in [-0.05, 0) is 23.8 Å². The maximum Gasteiger partial charge on any atom is 0.234 e. The number of hydrogen-bond acceptors (Lipinski definition) is 6. The zero-order valence-electron chi connectivity index (χ0n) is 13.0. The molecule has 0 bridgehead atoms. The molecule has 0 saturated heterocycles. The van der Waals surface area contributed by atoms with Gasteiger partial charge in [-0.15, -0.1) is 0 Å². The zero-order valence-corrected chi connectivity index (χ0v) is 13.0. The maximum atomic E-state index is 9.04. The van der Waals surface area contributed by atoms with Crippen LogP contribution in [0.1, 0.15) is 17.1 Å². The number of methoxy groups -OCH3 is 2. The lowest BCUT2D eigenvalue weighted by molar-refractivity contribution is 0.355. The van der Waals surface area contributed by atoms with Gasteiger partial charge in [0.1, 0.15) is 6.07 Å². The number of oxazole rings is 1. The minimum atomic E-state index is 0.261. The monoisotopic (exact) mass is 299 g/mol. The lowest BCUT2D eigenvalue weighted by Gasteiger charge is -2.07. The summed E-state index contributed by atoms with van der Waals surface area (Å²) in [6, 6.07) is 7.56. The molecule has 1 heterocycles. The van der Waals surface area contributed by atoms with E-state index >= 15 is 0 Å². The van der Waals surface area contributed by atoms with Crippen molar-refractivity contribution in [3.8, 4) is 17.6 Å². The fourth-order valence-corrected chi connectivity index (χ4v) is 1.90. The van der Waals surface area contributed by atoms with Crippen molar-refractivity contribution in [1.82, 2.24) is 4.98 Å². The Morgan fingerprint density at radius 3 is 2.45 bits per heavy atom. The Kier molecular flexibility index (Phi) is 4.69. The molecule has 0 fully saturated rings. The largest absolute Gasteiger partial charge is 0.493 e. The summed E-state index contributed by atoms with van der Waals surface area (Å²) >= 11 is 0. The van der Waals surface area contributed by atoms with Crippen LogP contribution in [0, 0.1) is 11.3 Å². The van der Waals surface area contributed by atoms with Gasteiger partial charge < -0.3 is 18.8 Å². The van der Waals surface area contributed by atoms with Crippen LogP contribution >= 0.6 is 0 Å². The van der Waals surface area contributed by atoms with E-state index in [4.69, 9.17) is 19.2 Å². The molecule has 0 radical (unpaired) electrons. The number of benzene rings is 1. The minimum absolute atomic E-state index is 0.261. The van der Waals surface area contributed by atoms with Crippen molar-refractivity contribution in [1.29, 1.82) is 5.26 Å². The second-order valence-corrected chi connectivity index (χ2v) is 4.66. The van der Waals surface area contributed by atoms with Crippen LogP contribution in [0.3, 0.4) is 0 Å². The van der Waals surface area contributed by atoms with Crippen molar-refractivity contribution in [3.63, 3.8) is 0 Å². The molecule has 0 unspecified atom stereocenters. The second kappa shape index (κ2) is 6.68. The Morgan fingerprint density at radius 1 is 1.18 bits per heavy atom. The molecule has 2 rings (SSSR count). The Morgan fingerprint density at radius 2 is 1.91 bits per heavy atom. The molecule has 2 aromatic rings. The summed E-state index contributed by atoms with van der Waals surface area (Å²) in [6.07, 6.45) is 3.53. The van der Waals surface area contributed by atoms with Crippen LogP contribution in [0.2, 0.25) is 0 Å². The van der Waals surface area contributed by atoms with Crippen LogP contribution in [0.5, 0.6) is 11.5 Å². The van der Waals surface area contributed by atoms with Crippen LogP contribution in [0.4, 0.5) is 5.88 Å². The van der Waals surface area contributed by atoms with Crippen LogP contribution < -0.4 is 14.4 Å². The quantitative estimate of drug-likeness (QED) is 0.845. The summed E-state index contributed by atoms with van der Waals surface area (Å²) in [7, 11) is 6.76. The van der Waals surface area contributed by atoms with Gasteiger partial charge in [-0.3, -0.25) is 0 Å². The summed E-state index contributed by atoms with van der Waals surface area (Å²) in [6.45, 7) is 0. The average molecular weight is 299 g/mol. The summed E-state index contributed by atoms with van der Waals surface area (Å²) < 4.78 is 16.0. The molecule has 0 aliphatic heterocycles. The third kappa shape index (κ3) is 3.20. The van der Waals surface area contributed by atoms with E-state index < -0.39 is 0 Å². The van der Waals surface area contributed by atoms with Crippen molar-refractivity contribution in [2.75, 3.05) is 33.2 Å². The molecular weight excluding hydrogens is 282 g/mol. The summed E-state index contributed by atoms with van der Waals surface area (Å²) in [5.74, 6) is 2.12. The molecule has 0 aliphatic carbocycles. The smallest absolute Gasteiger partial charge is 0.234 e. The first-order valence-electron chi connectivity index (χ1n) is 6.57. The van der Waals surface area contributed by atoms with E-state index in [0.717, 1.165) is 5.56 Å². The van der Waals surface area contributed by atoms with Gasteiger partial charge in [-0.1, -0.05) is 6.07 Å².